The monoisotopic (exact) mass is 201 g/mol. The van der Waals surface area contributed by atoms with Gasteiger partial charge in [-0.2, -0.15) is 0 Å². The topological polar surface area (TPSA) is 75.1 Å². The quantitative estimate of drug-likeness (QED) is 0.770. The van der Waals surface area contributed by atoms with Gasteiger partial charge in [0.25, 0.3) is 0 Å². The number of hydrogen-bond donors (Lipinski definition) is 2. The molecule has 0 atom stereocenters. The van der Waals surface area contributed by atoms with E-state index in [1.54, 1.807) is 0 Å². The Balaban J connectivity index is 3.10. The van der Waals surface area contributed by atoms with Gasteiger partial charge in [0.1, 0.15) is 5.56 Å². The zero-order valence-electron chi connectivity index (χ0n) is 6.91. The van der Waals surface area contributed by atoms with Crippen LogP contribution in [0.4, 0.5) is 5.82 Å². The summed E-state index contributed by atoms with van der Waals surface area (Å²) >= 11 is 5.50. The second-order valence-electron chi connectivity index (χ2n) is 2.26. The van der Waals surface area contributed by atoms with Crippen molar-refractivity contribution in [3.05, 3.63) is 16.8 Å². The summed E-state index contributed by atoms with van der Waals surface area (Å²) in [5.74, 6) is -0.841. The first-order valence-corrected chi connectivity index (χ1v) is 4.03. The van der Waals surface area contributed by atoms with Crippen molar-refractivity contribution in [1.29, 1.82) is 0 Å². The van der Waals surface area contributed by atoms with Gasteiger partial charge in [0.15, 0.2) is 11.0 Å². The van der Waals surface area contributed by atoms with Gasteiger partial charge in [-0.25, -0.2) is 4.79 Å². The average molecular weight is 202 g/mol. The number of aromatic carboxylic acids is 1. The summed E-state index contributed by atoms with van der Waals surface area (Å²) in [4.78, 5) is 10.7. The largest absolute Gasteiger partial charge is 0.478 e. The van der Waals surface area contributed by atoms with Crippen LogP contribution in [0.3, 0.4) is 0 Å². The average Bonchev–Trinajstić information content (AvgIpc) is 2.08. The minimum atomic E-state index is -1.08. The number of carboxylic acid groups (broad SMARTS) is 1. The highest BCUT2D eigenvalue weighted by Gasteiger charge is 2.12. The second kappa shape index (κ2) is 4.04. The van der Waals surface area contributed by atoms with Gasteiger partial charge in [-0.1, -0.05) is 11.6 Å². The first-order valence-electron chi connectivity index (χ1n) is 3.65. The van der Waals surface area contributed by atoms with Gasteiger partial charge in [0.2, 0.25) is 0 Å². The number of nitrogens with one attached hydrogen (secondary N) is 1. The molecule has 2 N–H and O–H groups in total. The Morgan fingerprint density at radius 2 is 2.38 bits per heavy atom. The lowest BCUT2D eigenvalue weighted by Crippen LogP contribution is -2.08. The molecule has 0 spiro atoms. The fourth-order valence-corrected chi connectivity index (χ4v) is 0.976. The minimum absolute atomic E-state index is 0.0295. The Hall–Kier alpha value is -1.36. The van der Waals surface area contributed by atoms with Crippen LogP contribution in [0.25, 0.3) is 0 Å². The molecule has 0 bridgehead atoms. The maximum Gasteiger partial charge on any atom is 0.339 e. The zero-order chi connectivity index (χ0) is 9.84. The van der Waals surface area contributed by atoms with E-state index in [0.717, 1.165) is 0 Å². The highest BCUT2D eigenvalue weighted by atomic mass is 35.5. The Kier molecular flexibility index (Phi) is 3.02. The summed E-state index contributed by atoms with van der Waals surface area (Å²) in [6.07, 6.45) is 0. The summed E-state index contributed by atoms with van der Waals surface area (Å²) in [5.41, 5.74) is 0.0295. The number of aromatic nitrogens is 2. The molecule has 1 heterocycles. The van der Waals surface area contributed by atoms with Crippen molar-refractivity contribution < 1.29 is 9.90 Å². The van der Waals surface area contributed by atoms with Crippen LogP contribution in [-0.4, -0.2) is 27.8 Å². The molecule has 1 aromatic rings. The fraction of sp³-hybridized carbons (Fsp3) is 0.286. The number of rotatable bonds is 3. The zero-order valence-corrected chi connectivity index (χ0v) is 7.67. The van der Waals surface area contributed by atoms with Crippen LogP contribution in [0.5, 0.6) is 0 Å². The summed E-state index contributed by atoms with van der Waals surface area (Å²) in [7, 11) is 0. The predicted octanol–water partition coefficient (Wildman–Crippen LogP) is 1.26. The van der Waals surface area contributed by atoms with Crippen LogP contribution >= 0.6 is 11.6 Å². The number of carbonyl (C=O) groups is 1. The molecule has 5 nitrogen and oxygen atoms in total. The van der Waals surface area contributed by atoms with Crippen LogP contribution in [0.1, 0.15) is 17.3 Å². The third-order valence-corrected chi connectivity index (χ3v) is 1.52. The Bertz CT molecular complexity index is 330. The lowest BCUT2D eigenvalue weighted by molar-refractivity contribution is 0.0697. The molecule has 0 fully saturated rings. The van der Waals surface area contributed by atoms with Crippen molar-refractivity contribution in [2.24, 2.45) is 0 Å². The number of anilines is 1. The number of nitrogens with zero attached hydrogens (tertiary/aromatic N) is 2. The first kappa shape index (κ1) is 9.73. The molecule has 70 valence electrons. The second-order valence-corrected chi connectivity index (χ2v) is 2.65. The number of hydrogen-bond acceptors (Lipinski definition) is 4. The third-order valence-electron chi connectivity index (χ3n) is 1.34. The van der Waals surface area contributed by atoms with Gasteiger partial charge >= 0.3 is 5.97 Å². The van der Waals surface area contributed by atoms with E-state index in [1.807, 2.05) is 6.92 Å². The molecular weight excluding hydrogens is 194 g/mol. The van der Waals surface area contributed by atoms with E-state index in [9.17, 15) is 4.79 Å². The van der Waals surface area contributed by atoms with Gasteiger partial charge in [0, 0.05) is 6.54 Å². The molecule has 0 radical (unpaired) electrons. The molecule has 13 heavy (non-hydrogen) atoms. The number of carboxylic acids is 1. The van der Waals surface area contributed by atoms with E-state index in [0.29, 0.717) is 6.54 Å². The minimum Gasteiger partial charge on any atom is -0.478 e. The van der Waals surface area contributed by atoms with E-state index >= 15 is 0 Å². The van der Waals surface area contributed by atoms with E-state index in [-0.39, 0.29) is 16.5 Å². The van der Waals surface area contributed by atoms with Crippen molar-refractivity contribution in [2.75, 3.05) is 11.9 Å². The van der Waals surface area contributed by atoms with Crippen LogP contribution in [0, 0.1) is 0 Å². The molecule has 0 aromatic carbocycles. The first-order chi connectivity index (χ1) is 6.15. The number of halogens is 1. The van der Waals surface area contributed by atoms with E-state index in [4.69, 9.17) is 16.7 Å². The van der Waals surface area contributed by atoms with E-state index < -0.39 is 5.97 Å². The van der Waals surface area contributed by atoms with E-state index in [1.165, 1.54) is 6.07 Å². The molecule has 1 rings (SSSR count). The lowest BCUT2D eigenvalue weighted by atomic mass is 10.3. The van der Waals surface area contributed by atoms with Gasteiger partial charge in [-0.05, 0) is 13.0 Å². The Morgan fingerprint density at radius 1 is 1.69 bits per heavy atom. The normalized spacial score (nSPS) is 9.69. The van der Waals surface area contributed by atoms with Crippen molar-refractivity contribution in [1.82, 2.24) is 10.2 Å². The van der Waals surface area contributed by atoms with Gasteiger partial charge in [-0.3, -0.25) is 0 Å². The molecule has 0 unspecified atom stereocenters. The van der Waals surface area contributed by atoms with Gasteiger partial charge in [0.05, 0.1) is 0 Å². The summed E-state index contributed by atoms with van der Waals surface area (Å²) in [6, 6.07) is 1.26. The lowest BCUT2D eigenvalue weighted by Gasteiger charge is -2.04. The molecule has 0 saturated carbocycles. The maximum absolute atomic E-state index is 10.7. The van der Waals surface area contributed by atoms with Crippen LogP contribution in [0.2, 0.25) is 5.15 Å². The van der Waals surface area contributed by atoms with Crippen LogP contribution in [0.15, 0.2) is 6.07 Å². The van der Waals surface area contributed by atoms with Crippen molar-refractivity contribution in [2.45, 2.75) is 6.92 Å². The highest BCUT2D eigenvalue weighted by Crippen LogP contribution is 2.14. The summed E-state index contributed by atoms with van der Waals surface area (Å²) in [6.45, 7) is 2.42. The van der Waals surface area contributed by atoms with Crippen molar-refractivity contribution in [3.8, 4) is 0 Å². The SMILES string of the molecule is CCNc1nnc(Cl)cc1C(=O)O. The van der Waals surface area contributed by atoms with Gasteiger partial charge < -0.3 is 10.4 Å². The molecule has 0 saturated heterocycles. The molecular formula is C7H8ClN3O2. The summed E-state index contributed by atoms with van der Waals surface area (Å²) < 4.78 is 0. The molecule has 0 amide bonds. The van der Waals surface area contributed by atoms with Gasteiger partial charge in [-0.15, -0.1) is 10.2 Å². The van der Waals surface area contributed by atoms with Crippen LogP contribution < -0.4 is 5.32 Å². The molecule has 0 aliphatic carbocycles. The Morgan fingerprint density at radius 3 is 2.92 bits per heavy atom. The summed E-state index contributed by atoms with van der Waals surface area (Å²) in [5, 5.41) is 18.7. The molecule has 0 aliphatic heterocycles. The van der Waals surface area contributed by atoms with Crippen LogP contribution in [-0.2, 0) is 0 Å². The molecule has 1 aromatic heterocycles. The molecule has 0 aliphatic rings. The smallest absolute Gasteiger partial charge is 0.339 e. The van der Waals surface area contributed by atoms with Crippen molar-refractivity contribution >= 4 is 23.4 Å². The molecule has 6 heteroatoms. The predicted molar refractivity (Wildman–Crippen MR) is 48.2 cm³/mol. The fourth-order valence-electron chi connectivity index (χ4n) is 0.829. The van der Waals surface area contributed by atoms with Crippen molar-refractivity contribution in [3.63, 3.8) is 0 Å². The third kappa shape index (κ3) is 2.29. The standard InChI is InChI=1S/C7H8ClN3O2/c1-2-9-6-4(7(12)13)3-5(8)10-11-6/h3H,2H2,1H3,(H,9,11)(H,12,13). The highest BCUT2D eigenvalue weighted by molar-refractivity contribution is 6.29. The maximum atomic E-state index is 10.7. The Labute approximate surface area is 79.7 Å². The van der Waals surface area contributed by atoms with E-state index in [2.05, 4.69) is 15.5 Å².